The summed E-state index contributed by atoms with van der Waals surface area (Å²) < 4.78 is 36.3. The lowest BCUT2D eigenvalue weighted by Gasteiger charge is -2.19. The van der Waals surface area contributed by atoms with Crippen molar-refractivity contribution in [3.05, 3.63) is 36.4 Å². The molecule has 0 heterocycles. The molecule has 0 N–H and O–H groups in total. The summed E-state index contributed by atoms with van der Waals surface area (Å²) in [5.41, 5.74) is 0. The lowest BCUT2D eigenvalue weighted by Crippen LogP contribution is -2.01. The summed E-state index contributed by atoms with van der Waals surface area (Å²) in [6.07, 6.45) is 9.82. The molecule has 4 rings (SSSR count). The van der Waals surface area contributed by atoms with Gasteiger partial charge in [0, 0.05) is 0 Å². The standard InChI is InChI=1S/C36H48O6/c1-7-10-13-16-40-34-22-28-25(19-31(34)37-4)29-23-35(41-17-14-11-8-2)33(39-6)21-27(29)30-24-36(42-18-15-12-9-3)32(38-5)20-26(28)30/h19-24H,7-18H2,1-6H3. The van der Waals surface area contributed by atoms with Crippen LogP contribution in [0.25, 0.3) is 32.3 Å². The maximum atomic E-state index is 6.27. The molecule has 0 aliphatic carbocycles. The molecule has 6 nitrogen and oxygen atoms in total. The van der Waals surface area contributed by atoms with E-state index in [9.17, 15) is 0 Å². The second-order valence-electron chi connectivity index (χ2n) is 10.8. The van der Waals surface area contributed by atoms with E-state index < -0.39 is 0 Å². The van der Waals surface area contributed by atoms with Crippen LogP contribution in [0.3, 0.4) is 0 Å². The van der Waals surface area contributed by atoms with Gasteiger partial charge in [-0.2, -0.15) is 0 Å². The molecule has 42 heavy (non-hydrogen) atoms. The minimum atomic E-state index is 0.646. The van der Waals surface area contributed by atoms with Gasteiger partial charge < -0.3 is 28.4 Å². The average molecular weight is 577 g/mol. The summed E-state index contributed by atoms with van der Waals surface area (Å²) in [6, 6.07) is 12.6. The van der Waals surface area contributed by atoms with Gasteiger partial charge in [-0.15, -0.1) is 0 Å². The van der Waals surface area contributed by atoms with Crippen LogP contribution in [0.4, 0.5) is 0 Å². The molecular formula is C36H48O6. The number of ether oxygens (including phenoxy) is 6. The predicted molar refractivity (Wildman–Crippen MR) is 174 cm³/mol. The maximum absolute atomic E-state index is 6.27. The van der Waals surface area contributed by atoms with E-state index in [-0.39, 0.29) is 0 Å². The largest absolute Gasteiger partial charge is 0.493 e. The van der Waals surface area contributed by atoms with Gasteiger partial charge in [-0.1, -0.05) is 59.3 Å². The molecule has 0 atom stereocenters. The van der Waals surface area contributed by atoms with E-state index in [1.807, 2.05) is 0 Å². The summed E-state index contributed by atoms with van der Waals surface area (Å²) in [5, 5.41) is 6.32. The molecule has 0 aliphatic rings. The zero-order valence-corrected chi connectivity index (χ0v) is 26.4. The summed E-state index contributed by atoms with van der Waals surface area (Å²) >= 11 is 0. The van der Waals surface area contributed by atoms with Crippen molar-refractivity contribution in [1.29, 1.82) is 0 Å². The van der Waals surface area contributed by atoms with E-state index >= 15 is 0 Å². The molecule has 6 heteroatoms. The highest BCUT2D eigenvalue weighted by Gasteiger charge is 2.19. The van der Waals surface area contributed by atoms with E-state index in [2.05, 4.69) is 57.2 Å². The minimum Gasteiger partial charge on any atom is -0.493 e. The van der Waals surface area contributed by atoms with Crippen molar-refractivity contribution >= 4 is 32.3 Å². The number of methoxy groups -OCH3 is 3. The predicted octanol–water partition coefficient (Wildman–Crippen LogP) is 9.88. The van der Waals surface area contributed by atoms with Gasteiger partial charge in [-0.25, -0.2) is 0 Å². The molecule has 0 bridgehead atoms. The molecule has 0 radical (unpaired) electrons. The van der Waals surface area contributed by atoms with E-state index in [0.29, 0.717) is 37.1 Å². The van der Waals surface area contributed by atoms with Crippen LogP contribution in [0.15, 0.2) is 36.4 Å². The molecule has 4 aromatic rings. The van der Waals surface area contributed by atoms with Crippen LogP contribution >= 0.6 is 0 Å². The molecule has 0 aliphatic heterocycles. The molecular weight excluding hydrogens is 528 g/mol. The van der Waals surface area contributed by atoms with E-state index in [1.54, 1.807) is 21.3 Å². The van der Waals surface area contributed by atoms with Crippen LogP contribution in [0, 0.1) is 0 Å². The zero-order valence-electron chi connectivity index (χ0n) is 26.4. The topological polar surface area (TPSA) is 55.4 Å². The highest BCUT2D eigenvalue weighted by atomic mass is 16.5. The van der Waals surface area contributed by atoms with E-state index in [4.69, 9.17) is 28.4 Å². The maximum Gasteiger partial charge on any atom is 0.161 e. The third-order valence-electron chi connectivity index (χ3n) is 7.80. The first-order chi connectivity index (χ1) is 20.6. The quantitative estimate of drug-likeness (QED) is 0.0868. The fourth-order valence-corrected chi connectivity index (χ4v) is 5.44. The fourth-order valence-electron chi connectivity index (χ4n) is 5.44. The highest BCUT2D eigenvalue weighted by Crippen LogP contribution is 2.47. The monoisotopic (exact) mass is 576 g/mol. The van der Waals surface area contributed by atoms with Crippen molar-refractivity contribution in [3.8, 4) is 34.5 Å². The summed E-state index contributed by atoms with van der Waals surface area (Å²) in [6.45, 7) is 8.52. The molecule has 0 fully saturated rings. The Kier molecular flexibility index (Phi) is 11.7. The molecule has 0 aromatic heterocycles. The average Bonchev–Trinajstić information content (AvgIpc) is 3.02. The van der Waals surface area contributed by atoms with Crippen molar-refractivity contribution < 1.29 is 28.4 Å². The molecule has 4 aromatic carbocycles. The second-order valence-corrected chi connectivity index (χ2v) is 10.8. The lowest BCUT2D eigenvalue weighted by molar-refractivity contribution is 0.286. The molecule has 228 valence electrons. The number of hydrogen-bond donors (Lipinski definition) is 0. The van der Waals surface area contributed by atoms with Gasteiger partial charge in [-0.05, 0) is 88.0 Å². The Bertz CT molecular complexity index is 1260. The van der Waals surface area contributed by atoms with Gasteiger partial charge >= 0.3 is 0 Å². The first kappa shape index (κ1) is 31.4. The number of fused-ring (bicyclic) bond motifs is 6. The Morgan fingerprint density at radius 3 is 0.810 bits per heavy atom. The van der Waals surface area contributed by atoms with Crippen molar-refractivity contribution in [1.82, 2.24) is 0 Å². The number of rotatable bonds is 18. The van der Waals surface area contributed by atoms with Crippen LogP contribution in [-0.4, -0.2) is 41.2 Å². The molecule has 0 unspecified atom stereocenters. The van der Waals surface area contributed by atoms with Crippen molar-refractivity contribution in [2.45, 2.75) is 78.6 Å². The summed E-state index contributed by atoms with van der Waals surface area (Å²) in [4.78, 5) is 0. The van der Waals surface area contributed by atoms with Gasteiger partial charge in [0.05, 0.1) is 41.2 Å². The Morgan fingerprint density at radius 1 is 0.357 bits per heavy atom. The van der Waals surface area contributed by atoms with Crippen molar-refractivity contribution in [3.63, 3.8) is 0 Å². The molecule has 0 spiro atoms. The van der Waals surface area contributed by atoms with Gasteiger partial charge in [0.25, 0.3) is 0 Å². The first-order valence-corrected chi connectivity index (χ1v) is 15.7. The molecule has 0 saturated heterocycles. The Hall–Kier alpha value is -3.54. The van der Waals surface area contributed by atoms with Crippen LogP contribution in [-0.2, 0) is 0 Å². The normalized spacial score (nSPS) is 11.3. The fraction of sp³-hybridized carbons (Fsp3) is 0.500. The molecule has 0 saturated carbocycles. The van der Waals surface area contributed by atoms with Crippen LogP contribution in [0.2, 0.25) is 0 Å². The van der Waals surface area contributed by atoms with Crippen LogP contribution in [0.1, 0.15) is 78.6 Å². The van der Waals surface area contributed by atoms with Gasteiger partial charge in [0.15, 0.2) is 34.5 Å². The first-order valence-electron chi connectivity index (χ1n) is 15.7. The van der Waals surface area contributed by atoms with Gasteiger partial charge in [0.1, 0.15) is 0 Å². The summed E-state index contributed by atoms with van der Waals surface area (Å²) in [5.74, 6) is 4.36. The number of unbranched alkanes of at least 4 members (excludes halogenated alkanes) is 6. The van der Waals surface area contributed by atoms with Gasteiger partial charge in [0.2, 0.25) is 0 Å². The van der Waals surface area contributed by atoms with Crippen molar-refractivity contribution in [2.24, 2.45) is 0 Å². The smallest absolute Gasteiger partial charge is 0.161 e. The van der Waals surface area contributed by atoms with Crippen molar-refractivity contribution in [2.75, 3.05) is 41.2 Å². The van der Waals surface area contributed by atoms with E-state index in [0.717, 1.165) is 107 Å². The number of benzene rings is 4. The van der Waals surface area contributed by atoms with E-state index in [1.165, 1.54) is 0 Å². The molecule has 0 amide bonds. The minimum absolute atomic E-state index is 0.646. The Morgan fingerprint density at radius 2 is 0.595 bits per heavy atom. The van der Waals surface area contributed by atoms with Crippen LogP contribution < -0.4 is 28.4 Å². The zero-order chi connectivity index (χ0) is 29.9. The van der Waals surface area contributed by atoms with Gasteiger partial charge in [-0.3, -0.25) is 0 Å². The third-order valence-corrected chi connectivity index (χ3v) is 7.80. The summed E-state index contributed by atoms with van der Waals surface area (Å²) in [7, 11) is 5.08. The van der Waals surface area contributed by atoms with Crippen LogP contribution in [0.5, 0.6) is 34.5 Å². The number of hydrogen-bond acceptors (Lipinski definition) is 6. The lowest BCUT2D eigenvalue weighted by atomic mass is 9.93. The second kappa shape index (κ2) is 15.6. The third kappa shape index (κ3) is 7.08. The Balaban J connectivity index is 1.97. The SMILES string of the molecule is CCCCCOc1cc2c(cc1OC)c1cc(OCCCCC)c(OC)cc1c1cc(OCCCCC)c(OC)cc21. The highest BCUT2D eigenvalue weighted by molar-refractivity contribution is 6.26. The Labute approximate surface area is 251 Å².